The van der Waals surface area contributed by atoms with Gasteiger partial charge in [0.1, 0.15) is 11.7 Å². The summed E-state index contributed by atoms with van der Waals surface area (Å²) in [5.74, 6) is -1.40. The minimum Gasteiger partial charge on any atom is -0.511 e. The maximum absolute atomic E-state index is 13.5. The summed E-state index contributed by atoms with van der Waals surface area (Å²) in [7, 11) is 1.30. The number of hydrogen-bond acceptors (Lipinski definition) is 7. The van der Waals surface area contributed by atoms with Gasteiger partial charge in [-0.25, -0.2) is 4.98 Å². The van der Waals surface area contributed by atoms with Gasteiger partial charge in [0, 0.05) is 17.2 Å². The summed E-state index contributed by atoms with van der Waals surface area (Å²) >= 11 is 0. The van der Waals surface area contributed by atoms with Crippen LogP contribution in [0.25, 0.3) is 21.7 Å². The Morgan fingerprint density at radius 2 is 1.55 bits per heavy atom. The second-order valence-electron chi connectivity index (χ2n) is 12.1. The molecule has 3 aromatic rings. The molecule has 2 N–H and O–H groups in total. The van der Waals surface area contributed by atoms with Gasteiger partial charge in [-0.2, -0.15) is 5.10 Å². The normalized spacial score (nSPS) is 17.2. The molecular weight excluding hydrogens is 526 g/mol. The second-order valence-corrected chi connectivity index (χ2v) is 12.1. The number of esters is 1. The summed E-state index contributed by atoms with van der Waals surface area (Å²) in [6, 6.07) is 15.9. The molecule has 7 heteroatoms. The fraction of sp³-hybridized carbons (Fsp3) is 0.486. The number of aromatic nitrogens is 1. The third kappa shape index (κ3) is 7.18. The van der Waals surface area contributed by atoms with Crippen molar-refractivity contribution in [2.45, 2.75) is 91.4 Å². The van der Waals surface area contributed by atoms with Crippen LogP contribution in [-0.2, 0) is 14.3 Å². The molecule has 0 spiro atoms. The summed E-state index contributed by atoms with van der Waals surface area (Å²) in [5, 5.41) is 19.1. The lowest BCUT2D eigenvalue weighted by molar-refractivity contribution is -0.150. The van der Waals surface area contributed by atoms with Crippen LogP contribution in [0, 0.1) is 11.3 Å². The number of aliphatic hydroxyl groups excluding tert-OH is 1. The van der Waals surface area contributed by atoms with Crippen LogP contribution in [0.4, 0.5) is 5.82 Å². The van der Waals surface area contributed by atoms with Crippen LogP contribution < -0.4 is 5.43 Å². The molecule has 2 aromatic carbocycles. The lowest BCUT2D eigenvalue weighted by Gasteiger charge is -2.36. The molecule has 42 heavy (non-hydrogen) atoms. The van der Waals surface area contributed by atoms with Crippen LogP contribution in [0.15, 0.2) is 65.0 Å². The molecule has 4 rings (SSSR count). The van der Waals surface area contributed by atoms with E-state index >= 15 is 0 Å². The number of nitrogens with zero attached hydrogens (tertiary/aromatic N) is 2. The van der Waals surface area contributed by atoms with Crippen molar-refractivity contribution < 1.29 is 19.4 Å². The Morgan fingerprint density at radius 3 is 2.21 bits per heavy atom. The van der Waals surface area contributed by atoms with E-state index < -0.39 is 17.3 Å². The Kier molecular flexibility index (Phi) is 10.7. The zero-order valence-corrected chi connectivity index (χ0v) is 25.5. The highest BCUT2D eigenvalue weighted by atomic mass is 16.5. The fourth-order valence-corrected chi connectivity index (χ4v) is 6.07. The van der Waals surface area contributed by atoms with E-state index in [1.807, 2.05) is 42.5 Å². The fourth-order valence-electron chi connectivity index (χ4n) is 6.07. The highest BCUT2D eigenvalue weighted by Crippen LogP contribution is 2.43. The van der Waals surface area contributed by atoms with Crippen molar-refractivity contribution in [2.24, 2.45) is 16.4 Å². The largest absolute Gasteiger partial charge is 0.511 e. The number of carbonyl (C=O) groups excluding carboxylic acids is 2. The van der Waals surface area contributed by atoms with E-state index in [4.69, 9.17) is 14.8 Å². The number of ketones is 1. The van der Waals surface area contributed by atoms with Gasteiger partial charge in [0.25, 0.3) is 0 Å². The molecule has 0 aliphatic heterocycles. The topological polar surface area (TPSA) is 101 Å². The number of allylic oxidation sites excluding steroid dienone is 1. The molecule has 1 aliphatic rings. The van der Waals surface area contributed by atoms with Gasteiger partial charge in [-0.1, -0.05) is 115 Å². The van der Waals surface area contributed by atoms with Crippen molar-refractivity contribution in [1.29, 1.82) is 0 Å². The molecule has 1 heterocycles. The SMILES string of the molecule is CCCCCCCCCCC/C(=N\Nc1nc2ccccc2c2ccccc12)C1=C(O)C(C(=O)OC)C(C)(C)CC1=O. The number of carbonyl (C=O) groups is 2. The summed E-state index contributed by atoms with van der Waals surface area (Å²) in [6.07, 6.45) is 11.1. The van der Waals surface area contributed by atoms with Crippen molar-refractivity contribution in [3.63, 3.8) is 0 Å². The molecule has 0 saturated heterocycles. The van der Waals surface area contributed by atoms with Gasteiger partial charge < -0.3 is 9.84 Å². The van der Waals surface area contributed by atoms with Crippen molar-refractivity contribution in [2.75, 3.05) is 12.5 Å². The summed E-state index contributed by atoms with van der Waals surface area (Å²) < 4.78 is 5.03. The van der Waals surface area contributed by atoms with Gasteiger partial charge in [-0.15, -0.1) is 0 Å². The van der Waals surface area contributed by atoms with Gasteiger partial charge in [0.15, 0.2) is 11.6 Å². The number of fused-ring (bicyclic) bond motifs is 3. The summed E-state index contributed by atoms with van der Waals surface area (Å²) in [4.78, 5) is 31.1. The summed E-state index contributed by atoms with van der Waals surface area (Å²) in [6.45, 7) is 5.84. The van der Waals surface area contributed by atoms with E-state index in [2.05, 4.69) is 18.4 Å². The number of hydrazone groups is 1. The number of anilines is 1. The van der Waals surface area contributed by atoms with Gasteiger partial charge in [0.05, 0.1) is 23.9 Å². The van der Waals surface area contributed by atoms with Crippen molar-refractivity contribution in [1.82, 2.24) is 4.98 Å². The number of Topliss-reactive ketones (excluding diaryl/α,β-unsaturated/α-hetero) is 1. The Morgan fingerprint density at radius 1 is 0.952 bits per heavy atom. The highest BCUT2D eigenvalue weighted by Gasteiger charge is 2.47. The third-order valence-electron chi connectivity index (χ3n) is 8.35. The quantitative estimate of drug-likeness (QED) is 0.0660. The van der Waals surface area contributed by atoms with Crippen LogP contribution in [-0.4, -0.2) is 34.7 Å². The minimum atomic E-state index is -0.942. The molecule has 0 fully saturated rings. The van der Waals surface area contributed by atoms with E-state index in [0.717, 1.165) is 40.9 Å². The van der Waals surface area contributed by atoms with Crippen LogP contribution in [0.2, 0.25) is 0 Å². The second kappa shape index (κ2) is 14.4. The summed E-state index contributed by atoms with van der Waals surface area (Å²) in [5.41, 5.74) is 3.77. The minimum absolute atomic E-state index is 0.111. The van der Waals surface area contributed by atoms with Gasteiger partial charge in [0.2, 0.25) is 0 Å². The molecular formula is C35H45N3O4. The zero-order chi connectivity index (χ0) is 30.1. The number of pyridine rings is 1. The number of rotatable bonds is 14. The first-order chi connectivity index (χ1) is 20.3. The number of para-hydroxylation sites is 1. The third-order valence-corrected chi connectivity index (χ3v) is 8.35. The molecule has 0 saturated carbocycles. The van der Waals surface area contributed by atoms with Gasteiger partial charge in [-0.05, 0) is 29.7 Å². The number of nitrogens with one attached hydrogen (secondary N) is 1. The molecule has 0 bridgehead atoms. The maximum Gasteiger partial charge on any atom is 0.316 e. The van der Waals surface area contributed by atoms with Crippen molar-refractivity contribution in [3.05, 3.63) is 59.9 Å². The number of methoxy groups -OCH3 is 1. The Bertz CT molecular complexity index is 1470. The van der Waals surface area contributed by atoms with Crippen LogP contribution in [0.1, 0.15) is 91.4 Å². The van der Waals surface area contributed by atoms with E-state index in [1.54, 1.807) is 13.8 Å². The number of unbranched alkanes of at least 4 members (excludes halogenated alkanes) is 8. The molecule has 224 valence electrons. The average molecular weight is 572 g/mol. The first kappa shape index (κ1) is 31.2. The zero-order valence-electron chi connectivity index (χ0n) is 25.5. The lowest BCUT2D eigenvalue weighted by Crippen LogP contribution is -2.41. The number of hydrogen-bond donors (Lipinski definition) is 2. The van der Waals surface area contributed by atoms with E-state index in [0.29, 0.717) is 18.0 Å². The number of ether oxygens (including phenoxy) is 1. The first-order valence-corrected chi connectivity index (χ1v) is 15.4. The first-order valence-electron chi connectivity index (χ1n) is 15.4. The Labute approximate surface area is 249 Å². The van der Waals surface area contributed by atoms with E-state index in [-0.39, 0.29) is 23.5 Å². The Balaban J connectivity index is 1.64. The van der Waals surface area contributed by atoms with E-state index in [9.17, 15) is 14.7 Å². The molecule has 1 unspecified atom stereocenters. The highest BCUT2D eigenvalue weighted by molar-refractivity contribution is 6.24. The molecule has 0 amide bonds. The Hall–Kier alpha value is -3.74. The molecule has 0 radical (unpaired) electrons. The lowest BCUT2D eigenvalue weighted by atomic mass is 9.67. The predicted molar refractivity (Wildman–Crippen MR) is 171 cm³/mol. The number of aliphatic hydroxyl groups is 1. The standard InChI is InChI=1S/C35H45N3O4/c1-5-6-7-8-9-10-11-12-13-22-28(30-29(39)23-35(2,3)31(32(30)40)34(41)42-4)37-38-33-26-20-15-14-18-24(26)25-19-16-17-21-27(25)36-33/h14-21,31,40H,5-13,22-23H2,1-4H3,(H,36,38)/b37-28+. The number of benzene rings is 2. The molecule has 7 nitrogen and oxygen atoms in total. The van der Waals surface area contributed by atoms with Gasteiger partial charge >= 0.3 is 5.97 Å². The van der Waals surface area contributed by atoms with Crippen molar-refractivity contribution in [3.8, 4) is 0 Å². The smallest absolute Gasteiger partial charge is 0.316 e. The van der Waals surface area contributed by atoms with Crippen LogP contribution in [0.3, 0.4) is 0 Å². The monoisotopic (exact) mass is 571 g/mol. The van der Waals surface area contributed by atoms with Crippen molar-refractivity contribution >= 4 is 45.0 Å². The molecule has 1 atom stereocenters. The van der Waals surface area contributed by atoms with Gasteiger partial charge in [-0.3, -0.25) is 15.0 Å². The van der Waals surface area contributed by atoms with E-state index in [1.165, 1.54) is 45.6 Å². The van der Waals surface area contributed by atoms with Crippen LogP contribution >= 0.6 is 0 Å². The average Bonchev–Trinajstić information content (AvgIpc) is 2.97. The maximum atomic E-state index is 13.5. The predicted octanol–water partition coefficient (Wildman–Crippen LogP) is 8.68. The molecule has 1 aromatic heterocycles. The molecule has 1 aliphatic carbocycles. The van der Waals surface area contributed by atoms with Crippen LogP contribution in [0.5, 0.6) is 0 Å².